The van der Waals surface area contributed by atoms with Gasteiger partial charge in [0.1, 0.15) is 0 Å². The summed E-state index contributed by atoms with van der Waals surface area (Å²) >= 11 is 0. The van der Waals surface area contributed by atoms with Gasteiger partial charge in [0.05, 0.1) is 6.42 Å². The second kappa shape index (κ2) is 6.40. The van der Waals surface area contributed by atoms with Gasteiger partial charge in [-0.15, -0.1) is 0 Å². The van der Waals surface area contributed by atoms with E-state index in [9.17, 15) is 9.59 Å². The molecule has 82 valence electrons. The molecule has 0 saturated heterocycles. The molecule has 1 amide bonds. The lowest BCUT2D eigenvalue weighted by molar-refractivity contribution is -0.139. The Labute approximate surface area is 84.9 Å². The van der Waals surface area contributed by atoms with E-state index >= 15 is 0 Å². The highest BCUT2D eigenvalue weighted by Crippen LogP contribution is 2.08. The molecule has 0 fully saturated rings. The number of rotatable bonds is 6. The van der Waals surface area contributed by atoms with E-state index in [1.165, 1.54) is 4.90 Å². The van der Waals surface area contributed by atoms with Gasteiger partial charge in [-0.1, -0.05) is 20.3 Å². The quantitative estimate of drug-likeness (QED) is 0.705. The molecule has 4 heteroatoms. The monoisotopic (exact) mass is 201 g/mol. The lowest BCUT2D eigenvalue weighted by Crippen LogP contribution is -2.33. The molecule has 4 nitrogen and oxygen atoms in total. The summed E-state index contributed by atoms with van der Waals surface area (Å²) in [6.07, 6.45) is 1.84. The van der Waals surface area contributed by atoms with Gasteiger partial charge in [-0.25, -0.2) is 0 Å². The fourth-order valence-electron chi connectivity index (χ4n) is 1.31. The molecule has 0 aliphatic carbocycles. The van der Waals surface area contributed by atoms with Crippen molar-refractivity contribution < 1.29 is 14.7 Å². The summed E-state index contributed by atoms with van der Waals surface area (Å²) in [6, 6.07) is 0. The van der Waals surface area contributed by atoms with Gasteiger partial charge in [-0.3, -0.25) is 9.59 Å². The van der Waals surface area contributed by atoms with Gasteiger partial charge in [-0.05, 0) is 6.42 Å². The number of aliphatic carboxylic acids is 1. The number of carboxylic acids is 1. The Bertz CT molecular complexity index is 204. The van der Waals surface area contributed by atoms with Gasteiger partial charge in [0, 0.05) is 19.5 Å². The molecule has 0 spiro atoms. The number of carboxylic acid groups (broad SMARTS) is 1. The highest BCUT2D eigenvalue weighted by Gasteiger charge is 2.16. The van der Waals surface area contributed by atoms with Crippen LogP contribution < -0.4 is 0 Å². The minimum Gasteiger partial charge on any atom is -0.481 e. The summed E-state index contributed by atoms with van der Waals surface area (Å²) < 4.78 is 0. The van der Waals surface area contributed by atoms with Crippen LogP contribution in [0.3, 0.4) is 0 Å². The first kappa shape index (κ1) is 12.9. The molecule has 1 atom stereocenters. The van der Waals surface area contributed by atoms with Crippen LogP contribution in [0.15, 0.2) is 0 Å². The fraction of sp³-hybridized carbons (Fsp3) is 0.800. The average molecular weight is 201 g/mol. The molecule has 0 saturated carbocycles. The highest BCUT2D eigenvalue weighted by atomic mass is 16.4. The van der Waals surface area contributed by atoms with Crippen molar-refractivity contribution in [2.75, 3.05) is 13.6 Å². The van der Waals surface area contributed by atoms with Crippen molar-refractivity contribution in [3.05, 3.63) is 0 Å². The lowest BCUT2D eigenvalue weighted by atomic mass is 10.1. The summed E-state index contributed by atoms with van der Waals surface area (Å²) in [5.41, 5.74) is 0. The first-order valence-electron chi connectivity index (χ1n) is 4.95. The third-order valence-electron chi connectivity index (χ3n) is 2.18. The molecule has 0 bridgehead atoms. The minimum atomic E-state index is -0.868. The predicted molar refractivity (Wildman–Crippen MR) is 54.0 cm³/mol. The molecule has 0 aromatic rings. The third kappa shape index (κ3) is 4.84. The normalized spacial score (nSPS) is 12.2. The molecule has 14 heavy (non-hydrogen) atoms. The molecule has 0 aliphatic rings. The number of carbonyl (C=O) groups excluding carboxylic acids is 1. The van der Waals surface area contributed by atoms with Crippen molar-refractivity contribution in [3.8, 4) is 0 Å². The van der Waals surface area contributed by atoms with E-state index in [1.807, 2.05) is 13.8 Å². The smallest absolute Gasteiger partial charge is 0.305 e. The zero-order chi connectivity index (χ0) is 11.1. The zero-order valence-electron chi connectivity index (χ0n) is 9.12. The Balaban J connectivity index is 3.91. The topological polar surface area (TPSA) is 57.6 Å². The Kier molecular flexibility index (Phi) is 5.92. The molecule has 0 aliphatic heterocycles. The Hall–Kier alpha value is -1.06. The highest BCUT2D eigenvalue weighted by molar-refractivity contribution is 5.78. The molecular formula is C10H19NO3. The van der Waals surface area contributed by atoms with Crippen LogP contribution in [0.2, 0.25) is 0 Å². The fourth-order valence-corrected chi connectivity index (χ4v) is 1.31. The summed E-state index contributed by atoms with van der Waals surface area (Å²) in [4.78, 5) is 23.4. The molecule has 1 N–H and O–H groups in total. The first-order chi connectivity index (χ1) is 6.49. The average Bonchev–Trinajstić information content (AvgIpc) is 2.13. The predicted octanol–water partition coefficient (Wildman–Crippen LogP) is 1.36. The second-order valence-corrected chi connectivity index (χ2v) is 3.59. The van der Waals surface area contributed by atoms with Crippen LogP contribution in [0, 0.1) is 5.92 Å². The first-order valence-corrected chi connectivity index (χ1v) is 4.95. The lowest BCUT2D eigenvalue weighted by Gasteiger charge is -2.20. The maximum Gasteiger partial charge on any atom is 0.305 e. The van der Waals surface area contributed by atoms with Crippen LogP contribution in [0.4, 0.5) is 0 Å². The van der Waals surface area contributed by atoms with Crippen LogP contribution in [0.5, 0.6) is 0 Å². The van der Waals surface area contributed by atoms with Crippen LogP contribution >= 0.6 is 0 Å². The third-order valence-corrected chi connectivity index (χ3v) is 2.18. The summed E-state index contributed by atoms with van der Waals surface area (Å²) in [5, 5.41) is 8.45. The molecule has 0 radical (unpaired) electrons. The zero-order valence-corrected chi connectivity index (χ0v) is 9.12. The molecule has 0 aromatic heterocycles. The molecule has 0 rings (SSSR count). The van der Waals surface area contributed by atoms with Crippen LogP contribution in [0.25, 0.3) is 0 Å². The summed E-state index contributed by atoms with van der Waals surface area (Å²) in [5.74, 6) is -0.834. The Morgan fingerprint density at radius 2 is 2.00 bits per heavy atom. The van der Waals surface area contributed by atoms with Gasteiger partial charge in [-0.2, -0.15) is 0 Å². The maximum absolute atomic E-state index is 11.6. The van der Waals surface area contributed by atoms with Gasteiger partial charge in [0.25, 0.3) is 0 Å². The van der Waals surface area contributed by atoms with Gasteiger partial charge >= 0.3 is 5.97 Å². The van der Waals surface area contributed by atoms with E-state index in [4.69, 9.17) is 5.11 Å². The molecule has 0 unspecified atom stereocenters. The minimum absolute atomic E-state index is 0.00112. The van der Waals surface area contributed by atoms with Gasteiger partial charge < -0.3 is 10.0 Å². The molecule has 0 aromatic carbocycles. The van der Waals surface area contributed by atoms with E-state index in [2.05, 4.69) is 0 Å². The van der Waals surface area contributed by atoms with Crippen molar-refractivity contribution in [2.45, 2.75) is 33.1 Å². The van der Waals surface area contributed by atoms with Crippen molar-refractivity contribution in [3.63, 3.8) is 0 Å². The second-order valence-electron chi connectivity index (χ2n) is 3.59. The van der Waals surface area contributed by atoms with Crippen molar-refractivity contribution >= 4 is 11.9 Å². The maximum atomic E-state index is 11.6. The Morgan fingerprint density at radius 3 is 2.43 bits per heavy atom. The van der Waals surface area contributed by atoms with E-state index in [1.54, 1.807) is 7.05 Å². The number of nitrogens with zero attached hydrogens (tertiary/aromatic N) is 1. The standard InChI is InChI=1S/C10H19NO3/c1-4-5-8(2)10(14)11(3)7-6-9(12)13/h8H,4-7H2,1-3H3,(H,12,13)/t8-/m0/s1. The molecular weight excluding hydrogens is 182 g/mol. The van der Waals surface area contributed by atoms with Crippen molar-refractivity contribution in [1.29, 1.82) is 0 Å². The van der Waals surface area contributed by atoms with Gasteiger partial charge in [0.15, 0.2) is 0 Å². The van der Waals surface area contributed by atoms with E-state index < -0.39 is 5.97 Å². The Morgan fingerprint density at radius 1 is 1.43 bits per heavy atom. The van der Waals surface area contributed by atoms with Crippen molar-refractivity contribution in [2.24, 2.45) is 5.92 Å². The van der Waals surface area contributed by atoms with E-state index in [0.29, 0.717) is 6.54 Å². The number of carbonyl (C=O) groups is 2. The number of hydrogen-bond acceptors (Lipinski definition) is 2. The van der Waals surface area contributed by atoms with Gasteiger partial charge in [0.2, 0.25) is 5.91 Å². The molecule has 0 heterocycles. The number of hydrogen-bond donors (Lipinski definition) is 1. The van der Waals surface area contributed by atoms with E-state index in [0.717, 1.165) is 12.8 Å². The largest absolute Gasteiger partial charge is 0.481 e. The summed E-state index contributed by atoms with van der Waals surface area (Å²) in [7, 11) is 1.65. The van der Waals surface area contributed by atoms with E-state index in [-0.39, 0.29) is 18.2 Å². The number of amides is 1. The van der Waals surface area contributed by atoms with Crippen LogP contribution in [-0.4, -0.2) is 35.5 Å². The van der Waals surface area contributed by atoms with Crippen LogP contribution in [0.1, 0.15) is 33.1 Å². The summed E-state index contributed by atoms with van der Waals surface area (Å²) in [6.45, 7) is 4.20. The SMILES string of the molecule is CCC[C@H](C)C(=O)N(C)CCC(=O)O. The van der Waals surface area contributed by atoms with Crippen LogP contribution in [-0.2, 0) is 9.59 Å². The van der Waals surface area contributed by atoms with Crippen molar-refractivity contribution in [1.82, 2.24) is 4.90 Å².